The summed E-state index contributed by atoms with van der Waals surface area (Å²) >= 11 is 0. The lowest BCUT2D eigenvalue weighted by Crippen LogP contribution is -2.15. The second kappa shape index (κ2) is 1.88. The fourth-order valence-electron chi connectivity index (χ4n) is 0.969. The molecular weight excluding hydrogens is 144 g/mol. The molecule has 3 N–H and O–H groups in total. The maximum Gasteiger partial charge on any atom is 0.153 e. The molecule has 0 bridgehead atoms. The number of rotatable bonds is 1. The highest BCUT2D eigenvalue weighted by Gasteiger charge is 2.03. The van der Waals surface area contributed by atoms with E-state index in [2.05, 4.69) is 15.5 Å². The molecule has 0 fully saturated rings. The number of nitrogens with one attached hydrogen (secondary N) is 1. The first-order chi connectivity index (χ1) is 5.33. The molecule has 11 heavy (non-hydrogen) atoms. The summed E-state index contributed by atoms with van der Waals surface area (Å²) in [6.07, 6.45) is 3.26. The lowest BCUT2D eigenvalue weighted by Gasteiger charge is -1.97. The number of nitrogens with zero attached hydrogens (tertiary/aromatic N) is 4. The van der Waals surface area contributed by atoms with Gasteiger partial charge in [-0.3, -0.25) is 5.43 Å². The maximum absolute atomic E-state index is 5.53. The van der Waals surface area contributed by atoms with Gasteiger partial charge in [-0.05, 0) is 0 Å². The Hall–Kier alpha value is -1.72. The molecule has 2 aromatic heterocycles. The normalized spacial score (nSPS) is 10.6. The van der Waals surface area contributed by atoms with E-state index in [1.54, 1.807) is 29.0 Å². The van der Waals surface area contributed by atoms with Crippen molar-refractivity contribution >= 4 is 11.3 Å². The van der Waals surface area contributed by atoms with Crippen molar-refractivity contribution in [1.82, 2.24) is 19.5 Å². The van der Waals surface area contributed by atoms with Gasteiger partial charge in [-0.2, -0.15) is 0 Å². The molecule has 0 atom stereocenters. The predicted octanol–water partition coefficient (Wildman–Crippen LogP) is -0.714. The molecule has 0 radical (unpaired) electrons. The van der Waals surface area contributed by atoms with E-state index < -0.39 is 0 Å². The number of nitrogens with two attached hydrogens (primary N) is 1. The van der Waals surface area contributed by atoms with E-state index in [0.29, 0.717) is 5.82 Å². The average molecular weight is 152 g/mol. The quantitative estimate of drug-likeness (QED) is 0.566. The highest BCUT2D eigenvalue weighted by Crippen LogP contribution is 2.07. The number of nitrogen functional groups attached to an aromatic ring is 1. The molecule has 6 heteroatoms. The van der Waals surface area contributed by atoms with Gasteiger partial charge >= 0.3 is 0 Å². The third-order valence-electron chi connectivity index (χ3n) is 1.51. The molecule has 0 amide bonds. The lowest BCUT2D eigenvalue weighted by molar-refractivity contribution is 0.621. The molecular formula is C5H8N6. The molecule has 0 aromatic carbocycles. The highest BCUT2D eigenvalue weighted by molar-refractivity contribution is 5.63. The van der Waals surface area contributed by atoms with E-state index in [1.807, 2.05) is 0 Å². The number of anilines is 1. The van der Waals surface area contributed by atoms with Gasteiger partial charge in [0.05, 0.1) is 6.20 Å². The van der Waals surface area contributed by atoms with Crippen molar-refractivity contribution in [2.24, 2.45) is 0 Å². The van der Waals surface area contributed by atoms with Crippen LogP contribution in [0.4, 0.5) is 5.82 Å². The molecule has 2 rings (SSSR count). The van der Waals surface area contributed by atoms with E-state index >= 15 is 0 Å². The Balaban J connectivity index is 2.77. The minimum atomic E-state index is 0.492. The minimum Gasteiger partial charge on any atom is -0.382 e. The van der Waals surface area contributed by atoms with Gasteiger partial charge in [-0.15, -0.1) is 10.0 Å². The van der Waals surface area contributed by atoms with E-state index in [-0.39, 0.29) is 0 Å². The van der Waals surface area contributed by atoms with Crippen molar-refractivity contribution in [3.05, 3.63) is 12.5 Å². The second-order valence-corrected chi connectivity index (χ2v) is 2.12. The largest absolute Gasteiger partial charge is 0.382 e. The third kappa shape index (κ3) is 0.658. The third-order valence-corrected chi connectivity index (χ3v) is 1.51. The molecule has 6 nitrogen and oxygen atoms in total. The predicted molar refractivity (Wildman–Crippen MR) is 40.7 cm³/mol. The fraction of sp³-hybridized carbons (Fsp3) is 0.200. The van der Waals surface area contributed by atoms with Gasteiger partial charge in [-0.1, -0.05) is 0 Å². The number of aromatic nitrogens is 4. The molecule has 2 aromatic rings. The highest BCUT2D eigenvalue weighted by atomic mass is 15.7. The Morgan fingerprint density at radius 2 is 2.45 bits per heavy atom. The molecule has 58 valence electrons. The van der Waals surface area contributed by atoms with E-state index in [1.165, 1.54) is 0 Å². The standard InChI is InChI=1S/C5H8N6/c1-7-11-9-2-4-5(6)8-3-10(4)11/h2-3,7H,6H2,1H3. The Kier molecular flexibility index (Phi) is 1.03. The SMILES string of the molecule is CNn1ncc2c(N)ncn21. The molecule has 0 aliphatic rings. The van der Waals surface area contributed by atoms with Gasteiger partial charge in [0.2, 0.25) is 0 Å². The summed E-state index contributed by atoms with van der Waals surface area (Å²) in [6.45, 7) is 0. The monoisotopic (exact) mass is 152 g/mol. The van der Waals surface area contributed by atoms with Crippen LogP contribution in [0, 0.1) is 0 Å². The zero-order valence-electron chi connectivity index (χ0n) is 6.02. The summed E-state index contributed by atoms with van der Waals surface area (Å²) in [5.74, 6) is 0.492. The van der Waals surface area contributed by atoms with Crippen molar-refractivity contribution < 1.29 is 0 Å². The van der Waals surface area contributed by atoms with Crippen LogP contribution in [0.3, 0.4) is 0 Å². The summed E-state index contributed by atoms with van der Waals surface area (Å²) < 4.78 is 1.72. The number of hydrogen-bond acceptors (Lipinski definition) is 4. The number of fused-ring (bicyclic) bond motifs is 1. The topological polar surface area (TPSA) is 73.2 Å². The molecule has 0 spiro atoms. The summed E-state index contributed by atoms with van der Waals surface area (Å²) in [5, 5.41) is 3.98. The van der Waals surface area contributed by atoms with Crippen LogP contribution in [-0.4, -0.2) is 26.6 Å². The zero-order chi connectivity index (χ0) is 7.84. The van der Waals surface area contributed by atoms with E-state index in [9.17, 15) is 0 Å². The zero-order valence-corrected chi connectivity index (χ0v) is 6.02. The van der Waals surface area contributed by atoms with Gasteiger partial charge in [0.15, 0.2) is 5.82 Å². The number of hydrogen-bond donors (Lipinski definition) is 2. The first-order valence-electron chi connectivity index (χ1n) is 3.17. The second-order valence-electron chi connectivity index (χ2n) is 2.12. The van der Waals surface area contributed by atoms with Crippen molar-refractivity contribution in [2.75, 3.05) is 18.2 Å². The van der Waals surface area contributed by atoms with Crippen molar-refractivity contribution in [2.45, 2.75) is 0 Å². The summed E-state index contributed by atoms with van der Waals surface area (Å²) in [7, 11) is 1.77. The van der Waals surface area contributed by atoms with Crippen LogP contribution in [-0.2, 0) is 0 Å². The Labute approximate surface area is 62.6 Å². The van der Waals surface area contributed by atoms with Crippen LogP contribution in [0.25, 0.3) is 5.52 Å². The first-order valence-corrected chi connectivity index (χ1v) is 3.17. The van der Waals surface area contributed by atoms with Gasteiger partial charge < -0.3 is 5.73 Å². The van der Waals surface area contributed by atoms with Crippen LogP contribution >= 0.6 is 0 Å². The van der Waals surface area contributed by atoms with Crippen LogP contribution < -0.4 is 11.2 Å². The minimum absolute atomic E-state index is 0.492. The summed E-state index contributed by atoms with van der Waals surface area (Å²) in [5.41, 5.74) is 9.17. The Bertz CT molecular complexity index is 371. The fourth-order valence-corrected chi connectivity index (χ4v) is 0.969. The maximum atomic E-state index is 5.53. The van der Waals surface area contributed by atoms with Gasteiger partial charge in [-0.25, -0.2) is 9.50 Å². The van der Waals surface area contributed by atoms with Crippen molar-refractivity contribution in [3.8, 4) is 0 Å². The van der Waals surface area contributed by atoms with Crippen LogP contribution in [0.5, 0.6) is 0 Å². The van der Waals surface area contributed by atoms with Crippen molar-refractivity contribution in [1.29, 1.82) is 0 Å². The molecule has 0 aliphatic carbocycles. The Morgan fingerprint density at radius 3 is 3.18 bits per heavy atom. The molecule has 0 saturated carbocycles. The Morgan fingerprint density at radius 1 is 1.64 bits per heavy atom. The van der Waals surface area contributed by atoms with Gasteiger partial charge in [0, 0.05) is 7.05 Å². The van der Waals surface area contributed by atoms with Gasteiger partial charge in [0.25, 0.3) is 0 Å². The van der Waals surface area contributed by atoms with Crippen LogP contribution in [0.1, 0.15) is 0 Å². The number of imidazole rings is 1. The van der Waals surface area contributed by atoms with Crippen LogP contribution in [0.15, 0.2) is 12.5 Å². The summed E-state index contributed by atoms with van der Waals surface area (Å²) in [6, 6.07) is 0. The average Bonchev–Trinajstić information content (AvgIpc) is 2.53. The smallest absolute Gasteiger partial charge is 0.153 e. The first kappa shape index (κ1) is 6.02. The molecule has 0 aliphatic heterocycles. The molecule has 2 heterocycles. The van der Waals surface area contributed by atoms with Gasteiger partial charge in [0.1, 0.15) is 11.8 Å². The molecule has 0 unspecified atom stereocenters. The molecule has 0 saturated heterocycles. The van der Waals surface area contributed by atoms with E-state index in [4.69, 9.17) is 5.73 Å². The van der Waals surface area contributed by atoms with E-state index in [0.717, 1.165) is 5.52 Å². The summed E-state index contributed by atoms with van der Waals surface area (Å²) in [4.78, 5) is 5.44. The van der Waals surface area contributed by atoms with Crippen molar-refractivity contribution in [3.63, 3.8) is 0 Å². The lowest BCUT2D eigenvalue weighted by atomic mass is 10.6. The van der Waals surface area contributed by atoms with Crippen LogP contribution in [0.2, 0.25) is 0 Å².